The molecular formula is C21H27IN6O2S. The normalized spacial score (nSPS) is 11.5. The van der Waals surface area contributed by atoms with Crippen molar-refractivity contribution in [3.63, 3.8) is 0 Å². The fourth-order valence-electron chi connectivity index (χ4n) is 3.04. The zero-order chi connectivity index (χ0) is 21.6. The van der Waals surface area contributed by atoms with Gasteiger partial charge >= 0.3 is 0 Å². The van der Waals surface area contributed by atoms with E-state index in [0.29, 0.717) is 24.7 Å². The van der Waals surface area contributed by atoms with Crippen LogP contribution >= 0.6 is 24.0 Å². The molecule has 8 nitrogen and oxygen atoms in total. The van der Waals surface area contributed by atoms with Crippen molar-refractivity contribution in [1.29, 1.82) is 0 Å². The summed E-state index contributed by atoms with van der Waals surface area (Å²) in [5.74, 6) is 1.49. The van der Waals surface area contributed by atoms with Gasteiger partial charge in [-0.2, -0.15) is 0 Å². The van der Waals surface area contributed by atoms with Gasteiger partial charge in [0.25, 0.3) is 0 Å². The predicted octanol–water partition coefficient (Wildman–Crippen LogP) is 3.27. The molecule has 3 aromatic rings. The van der Waals surface area contributed by atoms with Crippen molar-refractivity contribution in [1.82, 2.24) is 20.2 Å². The van der Waals surface area contributed by atoms with Gasteiger partial charge in [-0.05, 0) is 17.2 Å². The van der Waals surface area contributed by atoms with Crippen molar-refractivity contribution in [2.75, 3.05) is 25.1 Å². The lowest BCUT2D eigenvalue weighted by Crippen LogP contribution is -2.38. The van der Waals surface area contributed by atoms with Gasteiger partial charge in [-0.15, -0.1) is 24.0 Å². The third-order valence-electron chi connectivity index (χ3n) is 4.42. The van der Waals surface area contributed by atoms with E-state index >= 15 is 0 Å². The number of para-hydroxylation sites is 1. The van der Waals surface area contributed by atoms with Crippen molar-refractivity contribution in [3.05, 3.63) is 72.2 Å². The maximum absolute atomic E-state index is 11.6. The Kier molecular flexibility index (Phi) is 8.87. The summed E-state index contributed by atoms with van der Waals surface area (Å²) in [6.07, 6.45) is 2.96. The lowest BCUT2D eigenvalue weighted by molar-refractivity contribution is 0.464. The van der Waals surface area contributed by atoms with Crippen LogP contribution in [0, 0.1) is 0 Å². The molecule has 0 unspecified atom stereocenters. The third kappa shape index (κ3) is 7.24. The molecule has 3 rings (SSSR count). The van der Waals surface area contributed by atoms with Crippen LogP contribution in [0.25, 0.3) is 11.3 Å². The average molecular weight is 554 g/mol. The summed E-state index contributed by atoms with van der Waals surface area (Å²) < 4.78 is 25.7. The van der Waals surface area contributed by atoms with E-state index in [-0.39, 0.29) is 24.0 Å². The number of guanidine groups is 1. The molecule has 31 heavy (non-hydrogen) atoms. The van der Waals surface area contributed by atoms with E-state index in [1.54, 1.807) is 19.2 Å². The molecule has 0 spiro atoms. The van der Waals surface area contributed by atoms with Gasteiger partial charge in [0.2, 0.25) is 10.0 Å². The number of nitrogens with zero attached hydrogens (tertiary/aromatic N) is 3. The Morgan fingerprint density at radius 3 is 2.48 bits per heavy atom. The van der Waals surface area contributed by atoms with Gasteiger partial charge in [0, 0.05) is 20.6 Å². The molecule has 0 fully saturated rings. The van der Waals surface area contributed by atoms with Crippen molar-refractivity contribution in [2.45, 2.75) is 13.1 Å². The number of sulfonamides is 1. The fourth-order valence-corrected chi connectivity index (χ4v) is 3.64. The number of H-pyrrole nitrogens is 1. The summed E-state index contributed by atoms with van der Waals surface area (Å²) in [4.78, 5) is 14.1. The van der Waals surface area contributed by atoms with E-state index in [0.717, 1.165) is 28.9 Å². The minimum Gasteiger partial charge on any atom is -0.352 e. The maximum Gasteiger partial charge on any atom is 0.229 e. The summed E-state index contributed by atoms with van der Waals surface area (Å²) in [5, 5.41) is 3.27. The summed E-state index contributed by atoms with van der Waals surface area (Å²) in [6.45, 7) is 0.957. The molecule has 2 aromatic carbocycles. The largest absolute Gasteiger partial charge is 0.352 e. The molecule has 0 saturated carbocycles. The Bertz CT molecular complexity index is 1120. The van der Waals surface area contributed by atoms with Gasteiger partial charge in [-0.25, -0.2) is 13.4 Å². The van der Waals surface area contributed by atoms with E-state index in [2.05, 4.69) is 25.0 Å². The number of anilines is 1. The van der Waals surface area contributed by atoms with Crippen LogP contribution in [-0.2, 0) is 23.1 Å². The number of imidazole rings is 1. The Morgan fingerprint density at radius 2 is 1.81 bits per heavy atom. The molecule has 0 aliphatic heterocycles. The van der Waals surface area contributed by atoms with Crippen LogP contribution in [0.3, 0.4) is 0 Å². The first-order valence-corrected chi connectivity index (χ1v) is 11.3. The average Bonchev–Trinajstić information content (AvgIpc) is 3.17. The number of halogens is 1. The number of rotatable bonds is 7. The minimum atomic E-state index is -3.35. The smallest absolute Gasteiger partial charge is 0.229 e. The molecule has 166 valence electrons. The van der Waals surface area contributed by atoms with Crippen LogP contribution in [0.4, 0.5) is 5.69 Å². The highest BCUT2D eigenvalue weighted by Crippen LogP contribution is 2.17. The van der Waals surface area contributed by atoms with E-state index in [1.807, 2.05) is 60.6 Å². The van der Waals surface area contributed by atoms with Gasteiger partial charge in [0.15, 0.2) is 5.96 Å². The summed E-state index contributed by atoms with van der Waals surface area (Å²) in [6, 6.07) is 17.3. The SMILES string of the molecule is CN=C(NCc1ccccc1NS(C)(=O)=O)N(C)Cc1ncc(-c2ccccc2)[nH]1.I. The molecule has 1 heterocycles. The number of aromatic nitrogens is 2. The number of aliphatic imine (C=N–C) groups is 1. The van der Waals surface area contributed by atoms with Crippen molar-refractivity contribution in [3.8, 4) is 11.3 Å². The van der Waals surface area contributed by atoms with Crippen molar-refractivity contribution < 1.29 is 8.42 Å². The highest BCUT2D eigenvalue weighted by atomic mass is 127. The van der Waals surface area contributed by atoms with Gasteiger partial charge in [0.1, 0.15) is 5.82 Å². The molecule has 0 bridgehead atoms. The zero-order valence-corrected chi connectivity index (χ0v) is 20.8. The molecule has 10 heteroatoms. The monoisotopic (exact) mass is 554 g/mol. The van der Waals surface area contributed by atoms with Gasteiger partial charge < -0.3 is 15.2 Å². The number of nitrogens with one attached hydrogen (secondary N) is 3. The molecule has 3 N–H and O–H groups in total. The highest BCUT2D eigenvalue weighted by Gasteiger charge is 2.12. The Morgan fingerprint density at radius 1 is 1.13 bits per heavy atom. The zero-order valence-electron chi connectivity index (χ0n) is 17.7. The quantitative estimate of drug-likeness (QED) is 0.237. The van der Waals surface area contributed by atoms with Crippen LogP contribution in [0.1, 0.15) is 11.4 Å². The van der Waals surface area contributed by atoms with E-state index in [1.165, 1.54) is 0 Å². The van der Waals surface area contributed by atoms with Gasteiger partial charge in [0.05, 0.1) is 30.4 Å². The van der Waals surface area contributed by atoms with Gasteiger partial charge in [-0.1, -0.05) is 48.5 Å². The van der Waals surface area contributed by atoms with E-state index in [9.17, 15) is 8.42 Å². The summed E-state index contributed by atoms with van der Waals surface area (Å²) in [5.41, 5.74) is 3.41. The highest BCUT2D eigenvalue weighted by molar-refractivity contribution is 14.0. The number of hydrogen-bond donors (Lipinski definition) is 3. The topological polar surface area (TPSA) is 102 Å². The van der Waals surface area contributed by atoms with E-state index in [4.69, 9.17) is 0 Å². The first kappa shape index (κ1) is 24.7. The van der Waals surface area contributed by atoms with Crippen molar-refractivity contribution in [2.24, 2.45) is 4.99 Å². The molecule has 0 amide bonds. The van der Waals surface area contributed by atoms with Crippen LogP contribution < -0.4 is 10.0 Å². The Labute approximate surface area is 200 Å². The maximum atomic E-state index is 11.6. The van der Waals surface area contributed by atoms with Crippen molar-refractivity contribution >= 4 is 45.6 Å². The number of hydrogen-bond acceptors (Lipinski definition) is 4. The second-order valence-corrected chi connectivity index (χ2v) is 8.65. The third-order valence-corrected chi connectivity index (χ3v) is 5.01. The Balaban J connectivity index is 0.00000341. The standard InChI is InChI=1S/C21H26N6O2S.HI/c1-22-21(24-13-17-11-7-8-12-18(17)26-30(3,28)29)27(2)15-20-23-14-19(25-20)16-9-5-4-6-10-16;/h4-12,14,26H,13,15H2,1-3H3,(H,22,24)(H,23,25);1H. The Hall–Kier alpha value is -2.60. The molecule has 0 saturated heterocycles. The van der Waals surface area contributed by atoms with Crippen LogP contribution in [0.2, 0.25) is 0 Å². The second kappa shape index (κ2) is 11.1. The molecule has 0 aliphatic rings. The summed E-state index contributed by atoms with van der Waals surface area (Å²) in [7, 11) is 0.270. The van der Waals surface area contributed by atoms with Crippen LogP contribution in [-0.4, -0.2) is 49.6 Å². The molecular weight excluding hydrogens is 527 g/mol. The molecule has 0 atom stereocenters. The number of benzene rings is 2. The van der Waals surface area contributed by atoms with E-state index < -0.39 is 10.0 Å². The van der Waals surface area contributed by atoms with Crippen LogP contribution in [0.5, 0.6) is 0 Å². The van der Waals surface area contributed by atoms with Crippen LogP contribution in [0.15, 0.2) is 65.8 Å². The predicted molar refractivity (Wildman–Crippen MR) is 136 cm³/mol. The lowest BCUT2D eigenvalue weighted by Gasteiger charge is -2.21. The van der Waals surface area contributed by atoms with Gasteiger partial charge in [-0.3, -0.25) is 9.71 Å². The number of aromatic amines is 1. The minimum absolute atomic E-state index is 0. The molecule has 0 radical (unpaired) electrons. The summed E-state index contributed by atoms with van der Waals surface area (Å²) >= 11 is 0. The lowest BCUT2D eigenvalue weighted by atomic mass is 10.2. The molecule has 0 aliphatic carbocycles. The first-order valence-electron chi connectivity index (χ1n) is 9.42. The first-order chi connectivity index (χ1) is 14.4. The molecule has 1 aromatic heterocycles. The fraction of sp³-hybridized carbons (Fsp3) is 0.238. The second-order valence-electron chi connectivity index (χ2n) is 6.90.